The van der Waals surface area contributed by atoms with Gasteiger partial charge in [0.05, 0.1) is 18.4 Å². The molecule has 2 aromatic carbocycles. The number of benzene rings is 2. The van der Waals surface area contributed by atoms with Gasteiger partial charge >= 0.3 is 0 Å². The lowest BCUT2D eigenvalue weighted by Crippen LogP contribution is -2.18. The molecule has 3 aromatic rings. The monoisotopic (exact) mass is 390 g/mol. The van der Waals surface area contributed by atoms with E-state index in [1.54, 1.807) is 25.4 Å². The average Bonchev–Trinajstić information content (AvgIpc) is 2.75. The van der Waals surface area contributed by atoms with Crippen molar-refractivity contribution in [3.63, 3.8) is 0 Å². The zero-order chi connectivity index (χ0) is 20.6. The number of hydrogen-bond donors (Lipinski definition) is 2. The number of carbonyl (C=O) groups excluding carboxylic acids is 1. The minimum absolute atomic E-state index is 0.160. The van der Waals surface area contributed by atoms with Gasteiger partial charge in [-0.2, -0.15) is 0 Å². The summed E-state index contributed by atoms with van der Waals surface area (Å²) in [6.45, 7) is 0.792. The Morgan fingerprint density at radius 3 is 2.45 bits per heavy atom. The fourth-order valence-electron chi connectivity index (χ4n) is 2.95. The summed E-state index contributed by atoms with van der Waals surface area (Å²) in [6, 6.07) is 19.0. The number of carbonyl (C=O) groups is 1. The second kappa shape index (κ2) is 9.59. The largest absolute Gasteiger partial charge is 0.497 e. The summed E-state index contributed by atoms with van der Waals surface area (Å²) in [5.74, 6) is 0.554. The average molecular weight is 390 g/mol. The van der Waals surface area contributed by atoms with Crippen molar-refractivity contribution < 1.29 is 9.53 Å². The van der Waals surface area contributed by atoms with Crippen LogP contribution in [0, 0.1) is 0 Å². The molecular formula is C23H26N4O2. The number of amides is 1. The molecule has 0 atom stereocenters. The lowest BCUT2D eigenvalue weighted by Gasteiger charge is -2.18. The lowest BCUT2D eigenvalue weighted by atomic mass is 10.1. The van der Waals surface area contributed by atoms with Gasteiger partial charge in [0.25, 0.3) is 5.91 Å². The molecule has 6 heteroatoms. The predicted molar refractivity (Wildman–Crippen MR) is 118 cm³/mol. The molecule has 0 radical (unpaired) electrons. The van der Waals surface area contributed by atoms with Gasteiger partial charge in [-0.3, -0.25) is 9.78 Å². The zero-order valence-electron chi connectivity index (χ0n) is 17.0. The zero-order valence-corrected chi connectivity index (χ0v) is 17.0. The van der Waals surface area contributed by atoms with Crippen molar-refractivity contribution in [2.75, 3.05) is 43.3 Å². The molecule has 2 N–H and O–H groups in total. The smallest absolute Gasteiger partial charge is 0.257 e. The third kappa shape index (κ3) is 5.48. The number of rotatable bonds is 8. The molecule has 0 saturated heterocycles. The highest BCUT2D eigenvalue weighted by Crippen LogP contribution is 2.26. The van der Waals surface area contributed by atoms with E-state index in [-0.39, 0.29) is 5.91 Å². The number of methoxy groups -OCH3 is 1. The Morgan fingerprint density at radius 1 is 1.03 bits per heavy atom. The van der Waals surface area contributed by atoms with Crippen LogP contribution in [-0.2, 0) is 6.42 Å². The third-order valence-corrected chi connectivity index (χ3v) is 4.51. The number of anilines is 3. The van der Waals surface area contributed by atoms with Crippen molar-refractivity contribution in [3.8, 4) is 5.75 Å². The van der Waals surface area contributed by atoms with E-state index in [4.69, 9.17) is 4.74 Å². The molecule has 1 heterocycles. The second-order valence-corrected chi connectivity index (χ2v) is 6.81. The molecule has 1 aromatic heterocycles. The van der Waals surface area contributed by atoms with Gasteiger partial charge in [0, 0.05) is 56.4 Å². The fraction of sp³-hybridized carbons (Fsp3) is 0.217. The molecule has 0 fully saturated rings. The maximum atomic E-state index is 12.8. The van der Waals surface area contributed by atoms with E-state index < -0.39 is 0 Å². The van der Waals surface area contributed by atoms with E-state index in [0.717, 1.165) is 35.7 Å². The first-order chi connectivity index (χ1) is 14.1. The Bertz CT molecular complexity index is 941. The molecule has 0 aliphatic rings. The number of aromatic nitrogens is 1. The van der Waals surface area contributed by atoms with Crippen molar-refractivity contribution in [1.82, 2.24) is 4.98 Å². The molecule has 0 aliphatic carbocycles. The molecule has 6 nitrogen and oxygen atoms in total. The molecule has 0 spiro atoms. The summed E-state index contributed by atoms with van der Waals surface area (Å²) >= 11 is 0. The van der Waals surface area contributed by atoms with Crippen molar-refractivity contribution in [2.24, 2.45) is 0 Å². The van der Waals surface area contributed by atoms with Crippen molar-refractivity contribution in [2.45, 2.75) is 6.42 Å². The Morgan fingerprint density at radius 2 is 1.79 bits per heavy atom. The van der Waals surface area contributed by atoms with E-state index in [1.165, 1.54) is 0 Å². The molecule has 3 rings (SSSR count). The summed E-state index contributed by atoms with van der Waals surface area (Å²) < 4.78 is 5.26. The standard InChI is InChI=1S/C23H26N4O2/c1-27(2)22-16-20(29-3)11-12-21(22)23(28)26-19-9-7-18(8-10-19)25-15-13-17-6-4-5-14-24-17/h4-12,14,16,25H,13,15H2,1-3H3,(H,26,28). The van der Waals surface area contributed by atoms with Gasteiger partial charge in [0.15, 0.2) is 0 Å². The summed E-state index contributed by atoms with van der Waals surface area (Å²) in [5, 5.41) is 6.32. The highest BCUT2D eigenvalue weighted by atomic mass is 16.5. The van der Waals surface area contributed by atoms with Crippen LogP contribution >= 0.6 is 0 Å². The van der Waals surface area contributed by atoms with Crippen LogP contribution in [0.25, 0.3) is 0 Å². The number of pyridine rings is 1. The minimum Gasteiger partial charge on any atom is -0.497 e. The molecule has 150 valence electrons. The van der Waals surface area contributed by atoms with E-state index in [9.17, 15) is 4.79 Å². The number of hydrogen-bond acceptors (Lipinski definition) is 5. The highest BCUT2D eigenvalue weighted by molar-refractivity contribution is 6.08. The Hall–Kier alpha value is -3.54. The van der Waals surface area contributed by atoms with Crippen LogP contribution < -0.4 is 20.3 Å². The predicted octanol–water partition coefficient (Wildman–Crippen LogP) is 4.06. The first-order valence-electron chi connectivity index (χ1n) is 9.47. The first kappa shape index (κ1) is 20.2. The molecule has 29 heavy (non-hydrogen) atoms. The van der Waals surface area contributed by atoms with Crippen molar-refractivity contribution in [1.29, 1.82) is 0 Å². The van der Waals surface area contributed by atoms with Crippen LogP contribution in [0.5, 0.6) is 5.75 Å². The Kier molecular flexibility index (Phi) is 6.68. The molecule has 0 aliphatic heterocycles. The van der Waals surface area contributed by atoms with E-state index in [2.05, 4.69) is 15.6 Å². The van der Waals surface area contributed by atoms with E-state index >= 15 is 0 Å². The van der Waals surface area contributed by atoms with Gasteiger partial charge in [0.1, 0.15) is 5.75 Å². The summed E-state index contributed by atoms with van der Waals surface area (Å²) in [7, 11) is 5.41. The van der Waals surface area contributed by atoms with Crippen molar-refractivity contribution >= 4 is 23.0 Å². The van der Waals surface area contributed by atoms with Crippen molar-refractivity contribution in [3.05, 3.63) is 78.1 Å². The van der Waals surface area contributed by atoms with Crippen LogP contribution in [0.4, 0.5) is 17.1 Å². The van der Waals surface area contributed by atoms with Gasteiger partial charge in [0.2, 0.25) is 0 Å². The molecule has 1 amide bonds. The summed E-state index contributed by atoms with van der Waals surface area (Å²) in [6.07, 6.45) is 2.65. The van der Waals surface area contributed by atoms with Crippen LogP contribution in [0.1, 0.15) is 16.1 Å². The molecular weight excluding hydrogens is 364 g/mol. The van der Waals surface area contributed by atoms with Crippen LogP contribution in [-0.4, -0.2) is 38.6 Å². The van der Waals surface area contributed by atoms with Crippen LogP contribution in [0.15, 0.2) is 66.9 Å². The maximum Gasteiger partial charge on any atom is 0.257 e. The first-order valence-corrected chi connectivity index (χ1v) is 9.47. The van der Waals surface area contributed by atoms with Gasteiger partial charge in [-0.1, -0.05) is 6.07 Å². The molecule has 0 saturated carbocycles. The van der Waals surface area contributed by atoms with Gasteiger partial charge in [-0.15, -0.1) is 0 Å². The fourth-order valence-corrected chi connectivity index (χ4v) is 2.95. The number of ether oxygens (including phenoxy) is 1. The highest BCUT2D eigenvalue weighted by Gasteiger charge is 2.14. The minimum atomic E-state index is -0.160. The van der Waals surface area contributed by atoms with Gasteiger partial charge in [-0.25, -0.2) is 0 Å². The summed E-state index contributed by atoms with van der Waals surface area (Å²) in [5.41, 5.74) is 4.19. The third-order valence-electron chi connectivity index (χ3n) is 4.51. The Labute approximate surface area is 171 Å². The molecule has 0 unspecified atom stereocenters. The van der Waals surface area contributed by atoms with Gasteiger partial charge < -0.3 is 20.3 Å². The maximum absolute atomic E-state index is 12.8. The number of nitrogens with one attached hydrogen (secondary N) is 2. The SMILES string of the molecule is COc1ccc(C(=O)Nc2ccc(NCCc3ccccn3)cc2)c(N(C)C)c1. The van der Waals surface area contributed by atoms with Crippen LogP contribution in [0.3, 0.4) is 0 Å². The topological polar surface area (TPSA) is 66.5 Å². The van der Waals surface area contributed by atoms with Crippen LogP contribution in [0.2, 0.25) is 0 Å². The second-order valence-electron chi connectivity index (χ2n) is 6.81. The van der Waals surface area contributed by atoms with E-state index in [1.807, 2.05) is 67.5 Å². The molecule has 0 bridgehead atoms. The normalized spacial score (nSPS) is 10.3. The Balaban J connectivity index is 1.60. The van der Waals surface area contributed by atoms with E-state index in [0.29, 0.717) is 11.3 Å². The summed E-state index contributed by atoms with van der Waals surface area (Å²) in [4.78, 5) is 19.0. The quantitative estimate of drug-likeness (QED) is 0.607. The van der Waals surface area contributed by atoms with Gasteiger partial charge in [-0.05, 0) is 48.5 Å². The number of nitrogens with zero attached hydrogens (tertiary/aromatic N) is 2. The lowest BCUT2D eigenvalue weighted by molar-refractivity contribution is 0.102.